The van der Waals surface area contributed by atoms with Crippen molar-refractivity contribution < 1.29 is 23.5 Å². The Bertz CT molecular complexity index is 1070. The zero-order chi connectivity index (χ0) is 20.3. The lowest BCUT2D eigenvalue weighted by molar-refractivity contribution is -0.139. The van der Waals surface area contributed by atoms with E-state index in [1.807, 2.05) is 0 Å². The first-order chi connectivity index (χ1) is 13.4. The zero-order valence-electron chi connectivity index (χ0n) is 15.5. The van der Waals surface area contributed by atoms with Crippen LogP contribution in [0.5, 0.6) is 0 Å². The monoisotopic (exact) mass is 402 g/mol. The molecule has 1 unspecified atom stereocenters. The van der Waals surface area contributed by atoms with Gasteiger partial charge >= 0.3 is 11.9 Å². The van der Waals surface area contributed by atoms with E-state index in [2.05, 4.69) is 4.98 Å². The largest absolute Gasteiger partial charge is 0.468 e. The molecule has 2 heterocycles. The predicted molar refractivity (Wildman–Crippen MR) is 102 cm³/mol. The number of rotatable bonds is 6. The van der Waals surface area contributed by atoms with Crippen LogP contribution in [0.2, 0.25) is 0 Å². The molecular formula is C19H18N2O6S. The summed E-state index contributed by atoms with van der Waals surface area (Å²) in [5.74, 6) is -0.394. The number of aromatic nitrogens is 2. The molecule has 9 heteroatoms. The van der Waals surface area contributed by atoms with Gasteiger partial charge in [0, 0.05) is 0 Å². The summed E-state index contributed by atoms with van der Waals surface area (Å²) in [5.41, 5.74) is 0.309. The third kappa shape index (κ3) is 3.94. The topological polar surface area (TPSA) is 101 Å². The lowest BCUT2D eigenvalue weighted by Crippen LogP contribution is -2.26. The third-order valence-corrected chi connectivity index (χ3v) is 5.12. The molecule has 0 aliphatic heterocycles. The summed E-state index contributed by atoms with van der Waals surface area (Å²) in [5, 5.41) is 0.0732. The fourth-order valence-electron chi connectivity index (χ4n) is 2.61. The van der Waals surface area contributed by atoms with Crippen molar-refractivity contribution in [1.29, 1.82) is 0 Å². The van der Waals surface area contributed by atoms with Crippen molar-refractivity contribution in [2.45, 2.75) is 23.9 Å². The molecule has 28 heavy (non-hydrogen) atoms. The molecule has 1 atom stereocenters. The zero-order valence-corrected chi connectivity index (χ0v) is 16.3. The summed E-state index contributed by atoms with van der Waals surface area (Å²) >= 11 is 1.09. The van der Waals surface area contributed by atoms with Gasteiger partial charge in [0.1, 0.15) is 11.0 Å². The maximum atomic E-state index is 13.1. The van der Waals surface area contributed by atoms with Crippen molar-refractivity contribution in [2.24, 2.45) is 0 Å². The number of carbonyl (C=O) groups excluding carboxylic acids is 2. The van der Waals surface area contributed by atoms with Gasteiger partial charge in [-0.2, -0.15) is 0 Å². The highest BCUT2D eigenvalue weighted by molar-refractivity contribution is 8.00. The second-order valence-electron chi connectivity index (χ2n) is 5.87. The van der Waals surface area contributed by atoms with Crippen LogP contribution >= 0.6 is 11.8 Å². The van der Waals surface area contributed by atoms with E-state index >= 15 is 0 Å². The van der Waals surface area contributed by atoms with Gasteiger partial charge in [0.25, 0.3) is 5.56 Å². The molecule has 0 saturated heterocycles. The van der Waals surface area contributed by atoms with E-state index in [4.69, 9.17) is 13.9 Å². The molecule has 0 spiro atoms. The molecule has 0 bridgehead atoms. The van der Waals surface area contributed by atoms with Crippen LogP contribution in [0.25, 0.3) is 10.9 Å². The smallest absolute Gasteiger partial charge is 0.337 e. The van der Waals surface area contributed by atoms with E-state index in [0.717, 1.165) is 11.8 Å². The van der Waals surface area contributed by atoms with E-state index in [-0.39, 0.29) is 17.7 Å². The average molecular weight is 402 g/mol. The summed E-state index contributed by atoms with van der Waals surface area (Å²) in [7, 11) is 2.58. The predicted octanol–water partition coefficient (Wildman–Crippen LogP) is 2.48. The number of carbonyl (C=O) groups is 2. The van der Waals surface area contributed by atoms with Gasteiger partial charge in [-0.1, -0.05) is 11.8 Å². The molecule has 2 aromatic heterocycles. The van der Waals surface area contributed by atoms with Gasteiger partial charge in [0.05, 0.1) is 43.5 Å². The standard InChI is InChI=1S/C19H18N2O6S/c1-11(17(23)25-2)28-19-20-15-9-12(18(24)26-3)6-7-14(15)16(22)21(19)10-13-5-4-8-27-13/h4-9,11H,10H2,1-3H3. The number of methoxy groups -OCH3 is 2. The highest BCUT2D eigenvalue weighted by atomic mass is 32.2. The number of benzene rings is 1. The molecular weight excluding hydrogens is 384 g/mol. The van der Waals surface area contributed by atoms with Crippen LogP contribution in [0.1, 0.15) is 23.0 Å². The normalized spacial score (nSPS) is 12.0. The van der Waals surface area contributed by atoms with E-state index in [1.54, 1.807) is 19.1 Å². The van der Waals surface area contributed by atoms with Gasteiger partial charge < -0.3 is 13.9 Å². The number of nitrogens with zero attached hydrogens (tertiary/aromatic N) is 2. The van der Waals surface area contributed by atoms with Crippen LogP contribution in [-0.2, 0) is 20.8 Å². The Morgan fingerprint density at radius 3 is 2.68 bits per heavy atom. The van der Waals surface area contributed by atoms with Crippen molar-refractivity contribution in [3.63, 3.8) is 0 Å². The molecule has 3 aromatic rings. The Morgan fingerprint density at radius 2 is 2.04 bits per heavy atom. The number of fused-ring (bicyclic) bond motifs is 1. The first-order valence-electron chi connectivity index (χ1n) is 8.34. The molecule has 8 nitrogen and oxygen atoms in total. The van der Waals surface area contributed by atoms with Gasteiger partial charge in [0.2, 0.25) is 0 Å². The van der Waals surface area contributed by atoms with Crippen LogP contribution in [0.4, 0.5) is 0 Å². The minimum absolute atomic E-state index is 0.157. The van der Waals surface area contributed by atoms with Crippen LogP contribution < -0.4 is 5.56 Å². The van der Waals surface area contributed by atoms with Gasteiger partial charge in [-0.25, -0.2) is 9.78 Å². The van der Waals surface area contributed by atoms with Gasteiger partial charge in [-0.05, 0) is 37.3 Å². The summed E-state index contributed by atoms with van der Waals surface area (Å²) in [6.45, 7) is 1.82. The van der Waals surface area contributed by atoms with Gasteiger partial charge in [-0.15, -0.1) is 0 Å². The maximum absolute atomic E-state index is 13.1. The summed E-state index contributed by atoms with van der Waals surface area (Å²) in [6, 6.07) is 8.01. The van der Waals surface area contributed by atoms with Crippen molar-refractivity contribution >= 4 is 34.6 Å². The summed E-state index contributed by atoms with van der Waals surface area (Å²) in [6.07, 6.45) is 1.52. The Balaban J connectivity index is 2.15. The fourth-order valence-corrected chi connectivity index (χ4v) is 3.54. The summed E-state index contributed by atoms with van der Waals surface area (Å²) < 4.78 is 16.3. The highest BCUT2D eigenvalue weighted by Crippen LogP contribution is 2.24. The number of hydrogen-bond acceptors (Lipinski definition) is 8. The fraction of sp³-hybridized carbons (Fsp3) is 0.263. The Labute approximate surface area is 164 Å². The van der Waals surface area contributed by atoms with Crippen molar-refractivity contribution in [3.05, 3.63) is 58.3 Å². The first kappa shape index (κ1) is 19.7. The van der Waals surface area contributed by atoms with Gasteiger partial charge in [-0.3, -0.25) is 14.2 Å². The second-order valence-corrected chi connectivity index (χ2v) is 7.18. The first-order valence-corrected chi connectivity index (χ1v) is 9.22. The maximum Gasteiger partial charge on any atom is 0.337 e. The molecule has 0 saturated carbocycles. The van der Waals surface area contributed by atoms with E-state index < -0.39 is 17.2 Å². The molecule has 0 amide bonds. The Hall–Kier alpha value is -3.07. The van der Waals surface area contributed by atoms with Crippen molar-refractivity contribution in [1.82, 2.24) is 9.55 Å². The van der Waals surface area contributed by atoms with E-state index in [9.17, 15) is 14.4 Å². The molecule has 0 aliphatic rings. The lowest BCUT2D eigenvalue weighted by Gasteiger charge is -2.15. The van der Waals surface area contributed by atoms with Crippen molar-refractivity contribution in [3.8, 4) is 0 Å². The number of furan rings is 1. The second kappa shape index (κ2) is 8.30. The Kier molecular flexibility index (Phi) is 5.84. The van der Waals surface area contributed by atoms with Gasteiger partial charge in [0.15, 0.2) is 5.16 Å². The SMILES string of the molecule is COC(=O)c1ccc2c(=O)n(Cc3ccco3)c(SC(C)C(=O)OC)nc2c1. The van der Waals surface area contributed by atoms with Crippen LogP contribution in [0.3, 0.4) is 0 Å². The molecule has 0 aliphatic carbocycles. The van der Waals surface area contributed by atoms with Crippen molar-refractivity contribution in [2.75, 3.05) is 14.2 Å². The molecule has 3 rings (SSSR count). The van der Waals surface area contributed by atoms with E-state index in [1.165, 1.54) is 43.2 Å². The summed E-state index contributed by atoms with van der Waals surface area (Å²) in [4.78, 5) is 41.2. The minimum atomic E-state index is -0.582. The average Bonchev–Trinajstić information content (AvgIpc) is 3.22. The third-order valence-electron chi connectivity index (χ3n) is 4.05. The molecule has 0 N–H and O–H groups in total. The lowest BCUT2D eigenvalue weighted by atomic mass is 10.1. The van der Waals surface area contributed by atoms with E-state index in [0.29, 0.717) is 21.8 Å². The number of thioether (sulfide) groups is 1. The number of hydrogen-bond donors (Lipinski definition) is 0. The molecule has 0 radical (unpaired) electrons. The van der Waals surface area contributed by atoms with Crippen LogP contribution in [0.15, 0.2) is 51.0 Å². The molecule has 146 valence electrons. The quantitative estimate of drug-likeness (QED) is 0.352. The van der Waals surface area contributed by atoms with Crippen LogP contribution in [-0.4, -0.2) is 41.0 Å². The number of ether oxygens (including phenoxy) is 2. The number of esters is 2. The molecule has 1 aromatic carbocycles. The molecule has 0 fully saturated rings. The highest BCUT2D eigenvalue weighted by Gasteiger charge is 2.21. The minimum Gasteiger partial charge on any atom is -0.468 e. The van der Waals surface area contributed by atoms with Crippen LogP contribution in [0, 0.1) is 0 Å². The Morgan fingerprint density at radius 1 is 1.25 bits per heavy atom.